The maximum absolute atomic E-state index is 13.5. The number of nitrogens with zero attached hydrogens (tertiary/aromatic N) is 1. The minimum absolute atomic E-state index is 0.121. The molecule has 0 saturated carbocycles. The molecule has 0 fully saturated rings. The van der Waals surface area contributed by atoms with Gasteiger partial charge in [0.1, 0.15) is 13.0 Å². The number of halogens is 1. The van der Waals surface area contributed by atoms with Crippen LogP contribution in [0.4, 0.5) is 27.1 Å². The molecule has 2 N–H and O–H groups in total. The van der Waals surface area contributed by atoms with Gasteiger partial charge in [0.05, 0.1) is 28.8 Å². The van der Waals surface area contributed by atoms with Gasteiger partial charge in [-0.15, -0.1) is 0 Å². The molecule has 2 aromatic carbocycles. The van der Waals surface area contributed by atoms with Gasteiger partial charge in [-0.1, -0.05) is 38.1 Å². The predicted molar refractivity (Wildman–Crippen MR) is 120 cm³/mol. The van der Waals surface area contributed by atoms with E-state index in [9.17, 15) is 23.6 Å². The molecule has 32 heavy (non-hydrogen) atoms. The Morgan fingerprint density at radius 1 is 1.03 bits per heavy atom. The third-order valence-corrected chi connectivity index (χ3v) is 5.51. The molecule has 168 valence electrons. The van der Waals surface area contributed by atoms with Gasteiger partial charge in [0, 0.05) is 18.8 Å². The van der Waals surface area contributed by atoms with Crippen molar-refractivity contribution in [3.63, 3.8) is 0 Å². The van der Waals surface area contributed by atoms with Gasteiger partial charge in [-0.2, -0.15) is 0 Å². The number of anilines is 4. The fourth-order valence-electron chi connectivity index (χ4n) is 3.74. The SMILES string of the molecule is CC(C)C(CC(=O)N1c2ccccc2Nc2ccccc21)C(=O)NC(CC=O)C(=O)CF. The lowest BCUT2D eigenvalue weighted by atomic mass is 9.90. The Labute approximate surface area is 186 Å². The molecule has 7 nitrogen and oxygen atoms in total. The van der Waals surface area contributed by atoms with E-state index in [1.165, 1.54) is 0 Å². The number of ketones is 1. The molecule has 8 heteroatoms. The van der Waals surface area contributed by atoms with Crippen LogP contribution in [0, 0.1) is 11.8 Å². The van der Waals surface area contributed by atoms with Crippen molar-refractivity contribution in [3.05, 3.63) is 48.5 Å². The number of nitrogens with one attached hydrogen (secondary N) is 2. The molecule has 2 atom stereocenters. The number of amides is 2. The summed E-state index contributed by atoms with van der Waals surface area (Å²) >= 11 is 0. The van der Waals surface area contributed by atoms with Gasteiger partial charge in [-0.05, 0) is 30.2 Å². The second-order valence-corrected chi connectivity index (χ2v) is 8.01. The van der Waals surface area contributed by atoms with E-state index in [2.05, 4.69) is 10.6 Å². The summed E-state index contributed by atoms with van der Waals surface area (Å²) < 4.78 is 12.8. The predicted octanol–water partition coefficient (Wildman–Crippen LogP) is 3.68. The highest BCUT2D eigenvalue weighted by molar-refractivity contribution is 6.10. The third-order valence-electron chi connectivity index (χ3n) is 5.51. The number of carbonyl (C=O) groups excluding carboxylic acids is 4. The minimum Gasteiger partial charge on any atom is -0.352 e. The smallest absolute Gasteiger partial charge is 0.232 e. The monoisotopic (exact) mass is 439 g/mol. The molecule has 0 saturated heterocycles. The summed E-state index contributed by atoms with van der Waals surface area (Å²) in [6.45, 7) is 2.31. The van der Waals surface area contributed by atoms with E-state index in [0.717, 1.165) is 11.4 Å². The number of alkyl halides is 1. The Morgan fingerprint density at radius 2 is 1.59 bits per heavy atom. The quantitative estimate of drug-likeness (QED) is 0.581. The van der Waals surface area contributed by atoms with E-state index in [0.29, 0.717) is 17.7 Å². The van der Waals surface area contributed by atoms with Gasteiger partial charge in [0.25, 0.3) is 0 Å². The average molecular weight is 439 g/mol. The van der Waals surface area contributed by atoms with E-state index >= 15 is 0 Å². The number of hydrogen-bond acceptors (Lipinski definition) is 5. The molecule has 0 aromatic heterocycles. The molecule has 0 bridgehead atoms. The van der Waals surface area contributed by atoms with Gasteiger partial charge in [-0.3, -0.25) is 19.3 Å². The van der Waals surface area contributed by atoms with Crippen molar-refractivity contribution in [2.45, 2.75) is 32.7 Å². The maximum Gasteiger partial charge on any atom is 0.232 e. The number of fused-ring (bicyclic) bond motifs is 2. The first-order chi connectivity index (χ1) is 15.4. The van der Waals surface area contributed by atoms with Gasteiger partial charge in [0.15, 0.2) is 5.78 Å². The Hall–Kier alpha value is -3.55. The number of para-hydroxylation sites is 4. The summed E-state index contributed by atoms with van der Waals surface area (Å²) in [5, 5.41) is 5.76. The Bertz CT molecular complexity index is 978. The van der Waals surface area contributed by atoms with Crippen molar-refractivity contribution in [2.75, 3.05) is 16.9 Å². The van der Waals surface area contributed by atoms with Gasteiger partial charge >= 0.3 is 0 Å². The van der Waals surface area contributed by atoms with Gasteiger partial charge < -0.3 is 15.4 Å². The number of benzene rings is 2. The standard InChI is InChI=1S/C24H26FN3O4/c1-15(2)16(24(32)27-19(11-12-29)22(30)14-25)13-23(31)28-20-9-5-3-7-17(20)26-18-8-4-6-10-21(18)28/h3-10,12,15-16,19,26H,11,13-14H2,1-2H3,(H,27,32). The Balaban J connectivity index is 1.86. The second kappa shape index (κ2) is 10.2. The second-order valence-electron chi connectivity index (χ2n) is 8.01. The third kappa shape index (κ3) is 4.85. The highest BCUT2D eigenvalue weighted by Gasteiger charge is 2.33. The average Bonchev–Trinajstić information content (AvgIpc) is 2.79. The first-order valence-corrected chi connectivity index (χ1v) is 10.5. The van der Waals surface area contributed by atoms with Crippen molar-refractivity contribution < 1.29 is 23.6 Å². The highest BCUT2D eigenvalue weighted by Crippen LogP contribution is 2.43. The number of carbonyl (C=O) groups is 4. The minimum atomic E-state index is -1.28. The van der Waals surface area contributed by atoms with E-state index in [4.69, 9.17) is 0 Å². The number of hydrogen-bond donors (Lipinski definition) is 2. The zero-order valence-electron chi connectivity index (χ0n) is 18.0. The molecule has 2 unspecified atom stereocenters. The van der Waals surface area contributed by atoms with E-state index in [1.54, 1.807) is 18.7 Å². The fourth-order valence-corrected chi connectivity index (χ4v) is 3.74. The van der Waals surface area contributed by atoms with Crippen LogP contribution in [-0.2, 0) is 19.2 Å². The van der Waals surface area contributed by atoms with Crippen molar-refractivity contribution in [3.8, 4) is 0 Å². The lowest BCUT2D eigenvalue weighted by Gasteiger charge is -2.33. The molecule has 2 amide bonds. The molecule has 0 aliphatic carbocycles. The molecule has 1 aliphatic heterocycles. The largest absolute Gasteiger partial charge is 0.352 e. The van der Waals surface area contributed by atoms with Crippen LogP contribution in [0.15, 0.2) is 48.5 Å². The van der Waals surface area contributed by atoms with Crippen molar-refractivity contribution in [2.24, 2.45) is 11.8 Å². The summed E-state index contributed by atoms with van der Waals surface area (Å²) in [7, 11) is 0. The van der Waals surface area contributed by atoms with Crippen molar-refractivity contribution in [1.29, 1.82) is 0 Å². The topological polar surface area (TPSA) is 95.6 Å². The van der Waals surface area contributed by atoms with Gasteiger partial charge in [0.2, 0.25) is 11.8 Å². The lowest BCUT2D eigenvalue weighted by Crippen LogP contribution is -2.46. The van der Waals surface area contributed by atoms with Crippen LogP contribution < -0.4 is 15.5 Å². The van der Waals surface area contributed by atoms with Crippen LogP contribution in [0.25, 0.3) is 0 Å². The van der Waals surface area contributed by atoms with Crippen molar-refractivity contribution in [1.82, 2.24) is 5.32 Å². The van der Waals surface area contributed by atoms with Crippen LogP contribution >= 0.6 is 0 Å². The van der Waals surface area contributed by atoms with Crippen LogP contribution in [0.5, 0.6) is 0 Å². The lowest BCUT2D eigenvalue weighted by molar-refractivity contribution is -0.134. The van der Waals surface area contributed by atoms with Crippen LogP contribution in [0.3, 0.4) is 0 Å². The van der Waals surface area contributed by atoms with E-state index < -0.39 is 30.3 Å². The number of aldehydes is 1. The molecule has 1 aliphatic rings. The Morgan fingerprint density at radius 3 is 2.09 bits per heavy atom. The molecular weight excluding hydrogens is 413 g/mol. The molecule has 0 radical (unpaired) electrons. The first kappa shape index (κ1) is 23.1. The first-order valence-electron chi connectivity index (χ1n) is 10.5. The maximum atomic E-state index is 13.5. The fraction of sp³-hybridized carbons (Fsp3) is 0.333. The zero-order valence-corrected chi connectivity index (χ0v) is 18.0. The van der Waals surface area contributed by atoms with E-state index in [-0.39, 0.29) is 24.7 Å². The summed E-state index contributed by atoms with van der Waals surface area (Å²) in [6, 6.07) is 13.5. The molecule has 3 rings (SSSR count). The summed E-state index contributed by atoms with van der Waals surface area (Å²) in [5.41, 5.74) is 2.88. The van der Waals surface area contributed by atoms with E-state index in [1.807, 2.05) is 48.5 Å². The zero-order chi connectivity index (χ0) is 23.3. The summed E-state index contributed by atoms with van der Waals surface area (Å²) in [5.74, 6) is -2.71. The normalized spacial score (nSPS) is 13.9. The van der Waals surface area contributed by atoms with Crippen LogP contribution in [-0.4, -0.2) is 36.6 Å². The Kier molecular flexibility index (Phi) is 7.35. The molecule has 1 heterocycles. The molecule has 0 spiro atoms. The van der Waals surface area contributed by atoms with Crippen LogP contribution in [0.2, 0.25) is 0 Å². The van der Waals surface area contributed by atoms with Gasteiger partial charge in [-0.25, -0.2) is 4.39 Å². The number of rotatable bonds is 9. The highest BCUT2D eigenvalue weighted by atomic mass is 19.1. The van der Waals surface area contributed by atoms with Crippen molar-refractivity contribution >= 4 is 46.6 Å². The number of Topliss-reactive ketones (excluding diaryl/α,β-unsaturated/α-hetero) is 1. The molecule has 2 aromatic rings. The summed E-state index contributed by atoms with van der Waals surface area (Å²) in [4.78, 5) is 50.6. The summed E-state index contributed by atoms with van der Waals surface area (Å²) in [6.07, 6.45) is 0.0260. The molecular formula is C24H26FN3O4. The van der Waals surface area contributed by atoms with Crippen LogP contribution in [0.1, 0.15) is 26.7 Å².